The molecule has 0 aliphatic heterocycles. The van der Waals surface area contributed by atoms with Crippen LogP contribution in [-0.2, 0) is 19.4 Å². The predicted molar refractivity (Wildman–Crippen MR) is 118 cm³/mol. The minimum Gasteiger partial charge on any atom is -0.381 e. The van der Waals surface area contributed by atoms with Gasteiger partial charge >= 0.3 is 0 Å². The maximum atomic E-state index is 12.8. The van der Waals surface area contributed by atoms with Crippen LogP contribution in [0.1, 0.15) is 46.5 Å². The van der Waals surface area contributed by atoms with Crippen LogP contribution < -0.4 is 10.6 Å². The molecule has 144 valence electrons. The third-order valence-corrected chi connectivity index (χ3v) is 5.05. The van der Waals surface area contributed by atoms with Crippen molar-refractivity contribution in [2.24, 2.45) is 0 Å². The second kappa shape index (κ2) is 9.23. The molecule has 0 spiro atoms. The molecule has 0 saturated heterocycles. The summed E-state index contributed by atoms with van der Waals surface area (Å²) in [4.78, 5) is 12.8. The highest BCUT2D eigenvalue weighted by Gasteiger charge is 2.11. The van der Waals surface area contributed by atoms with Crippen molar-refractivity contribution in [1.82, 2.24) is 0 Å². The van der Waals surface area contributed by atoms with Crippen LogP contribution in [0, 0.1) is 6.92 Å². The van der Waals surface area contributed by atoms with Crippen LogP contribution in [0.3, 0.4) is 0 Å². The van der Waals surface area contributed by atoms with Crippen LogP contribution in [0.4, 0.5) is 11.4 Å². The summed E-state index contributed by atoms with van der Waals surface area (Å²) in [6.07, 6.45) is 1.87. The van der Waals surface area contributed by atoms with Crippen LogP contribution >= 0.6 is 0 Å². The molecule has 1 amide bonds. The van der Waals surface area contributed by atoms with Crippen LogP contribution in [0.25, 0.3) is 0 Å². The fraction of sp³-hybridized carbons (Fsp3) is 0.240. The normalized spacial score (nSPS) is 10.5. The third-order valence-electron chi connectivity index (χ3n) is 5.05. The Kier molecular flexibility index (Phi) is 6.49. The standard InChI is InChI=1S/C25H28N2O/c1-4-20-12-6-7-15-23(20)26-17-19-11-9-14-22(16-19)25(28)27-24-18(3)10-8-13-21(24)5-2/h6-16,26H,4-5,17H2,1-3H3,(H,27,28). The first-order valence-corrected chi connectivity index (χ1v) is 9.93. The number of amides is 1. The zero-order valence-corrected chi connectivity index (χ0v) is 16.9. The largest absolute Gasteiger partial charge is 0.381 e. The maximum absolute atomic E-state index is 12.8. The Morgan fingerprint density at radius 2 is 1.57 bits per heavy atom. The number of carbonyl (C=O) groups is 1. The van der Waals surface area contributed by atoms with Gasteiger partial charge in [0.25, 0.3) is 5.91 Å². The molecule has 0 atom stereocenters. The van der Waals surface area contributed by atoms with Crippen LogP contribution in [-0.4, -0.2) is 5.91 Å². The van der Waals surface area contributed by atoms with Crippen LogP contribution in [0.2, 0.25) is 0 Å². The molecule has 2 N–H and O–H groups in total. The third kappa shape index (κ3) is 4.61. The first-order valence-electron chi connectivity index (χ1n) is 9.93. The Morgan fingerprint density at radius 1 is 0.857 bits per heavy atom. The summed E-state index contributed by atoms with van der Waals surface area (Å²) in [6.45, 7) is 6.97. The zero-order chi connectivity index (χ0) is 19.9. The number of carbonyl (C=O) groups excluding carboxylic acids is 1. The molecule has 0 bridgehead atoms. The predicted octanol–water partition coefficient (Wildman–Crippen LogP) is 5.98. The molecule has 28 heavy (non-hydrogen) atoms. The maximum Gasteiger partial charge on any atom is 0.255 e. The molecule has 0 aromatic heterocycles. The summed E-state index contributed by atoms with van der Waals surface area (Å²) in [6, 6.07) is 22.3. The number of benzene rings is 3. The van der Waals surface area contributed by atoms with Crippen LogP contribution in [0.15, 0.2) is 66.7 Å². The summed E-state index contributed by atoms with van der Waals surface area (Å²) in [5.74, 6) is -0.0696. The highest BCUT2D eigenvalue weighted by atomic mass is 16.1. The van der Waals surface area contributed by atoms with Crippen molar-refractivity contribution in [1.29, 1.82) is 0 Å². The van der Waals surface area contributed by atoms with Gasteiger partial charge in [-0.25, -0.2) is 0 Å². The highest BCUT2D eigenvalue weighted by Crippen LogP contribution is 2.22. The smallest absolute Gasteiger partial charge is 0.255 e. The Labute approximate surface area is 167 Å². The van der Waals surface area contributed by atoms with Crippen molar-refractivity contribution < 1.29 is 4.79 Å². The summed E-state index contributed by atoms with van der Waals surface area (Å²) in [5, 5.41) is 6.60. The molecular weight excluding hydrogens is 344 g/mol. The van der Waals surface area contributed by atoms with Gasteiger partial charge in [0, 0.05) is 23.5 Å². The van der Waals surface area contributed by atoms with E-state index in [9.17, 15) is 4.79 Å². The molecule has 3 aromatic rings. The Morgan fingerprint density at radius 3 is 2.36 bits per heavy atom. The van der Waals surface area contributed by atoms with Crippen molar-refractivity contribution in [2.75, 3.05) is 10.6 Å². The average Bonchev–Trinajstić information content (AvgIpc) is 2.74. The minimum atomic E-state index is -0.0696. The van der Waals surface area contributed by atoms with Crippen molar-refractivity contribution in [3.05, 3.63) is 94.5 Å². The number of aryl methyl sites for hydroxylation is 3. The van der Waals surface area contributed by atoms with E-state index in [0.29, 0.717) is 12.1 Å². The van der Waals surface area contributed by atoms with Gasteiger partial charge in [-0.1, -0.05) is 62.4 Å². The van der Waals surface area contributed by atoms with E-state index in [1.54, 1.807) is 0 Å². The second-order valence-corrected chi connectivity index (χ2v) is 6.98. The summed E-state index contributed by atoms with van der Waals surface area (Å²) in [7, 11) is 0. The lowest BCUT2D eigenvalue weighted by Crippen LogP contribution is -2.15. The van der Waals surface area contributed by atoms with Gasteiger partial charge in [0.1, 0.15) is 0 Å². The molecule has 3 rings (SSSR count). The van der Waals surface area contributed by atoms with Gasteiger partial charge in [-0.15, -0.1) is 0 Å². The molecule has 0 unspecified atom stereocenters. The monoisotopic (exact) mass is 372 g/mol. The average molecular weight is 373 g/mol. The Balaban J connectivity index is 1.73. The molecule has 0 aliphatic rings. The lowest BCUT2D eigenvalue weighted by atomic mass is 10.0. The molecule has 3 heteroatoms. The van der Waals surface area contributed by atoms with Gasteiger partial charge in [0.2, 0.25) is 0 Å². The SMILES string of the molecule is CCc1ccccc1NCc1cccc(C(=O)Nc2c(C)cccc2CC)c1. The summed E-state index contributed by atoms with van der Waals surface area (Å²) < 4.78 is 0. The van der Waals surface area contributed by atoms with Gasteiger partial charge in [-0.05, 0) is 60.2 Å². The van der Waals surface area contributed by atoms with Gasteiger partial charge < -0.3 is 10.6 Å². The van der Waals surface area contributed by atoms with Gasteiger partial charge in [-0.2, -0.15) is 0 Å². The summed E-state index contributed by atoms with van der Waals surface area (Å²) in [5.41, 5.74) is 7.36. The molecule has 0 radical (unpaired) electrons. The minimum absolute atomic E-state index is 0.0696. The fourth-order valence-electron chi connectivity index (χ4n) is 3.41. The number of rotatable bonds is 7. The number of hydrogen-bond acceptors (Lipinski definition) is 2. The van der Waals surface area contributed by atoms with Crippen molar-refractivity contribution in [3.63, 3.8) is 0 Å². The van der Waals surface area contributed by atoms with E-state index < -0.39 is 0 Å². The molecule has 0 heterocycles. The molecular formula is C25H28N2O. The fourth-order valence-corrected chi connectivity index (χ4v) is 3.41. The van der Waals surface area contributed by atoms with E-state index in [2.05, 4.69) is 48.7 Å². The van der Waals surface area contributed by atoms with E-state index in [1.807, 2.05) is 49.4 Å². The number of para-hydroxylation sites is 2. The van der Waals surface area contributed by atoms with E-state index in [1.165, 1.54) is 5.56 Å². The van der Waals surface area contributed by atoms with Crippen molar-refractivity contribution >= 4 is 17.3 Å². The second-order valence-electron chi connectivity index (χ2n) is 6.98. The number of anilines is 2. The van der Waals surface area contributed by atoms with Gasteiger partial charge in [0.05, 0.1) is 0 Å². The topological polar surface area (TPSA) is 41.1 Å². The summed E-state index contributed by atoms with van der Waals surface area (Å²) >= 11 is 0. The van der Waals surface area contributed by atoms with E-state index >= 15 is 0 Å². The van der Waals surface area contributed by atoms with Gasteiger partial charge in [-0.3, -0.25) is 4.79 Å². The van der Waals surface area contributed by atoms with E-state index in [4.69, 9.17) is 0 Å². The Bertz CT molecular complexity index is 962. The van der Waals surface area contributed by atoms with E-state index in [0.717, 1.165) is 40.9 Å². The Hall–Kier alpha value is -3.07. The molecule has 0 fully saturated rings. The quantitative estimate of drug-likeness (QED) is 0.535. The molecule has 0 aliphatic carbocycles. The first kappa shape index (κ1) is 19.7. The van der Waals surface area contributed by atoms with Crippen molar-refractivity contribution in [3.8, 4) is 0 Å². The molecule has 3 aromatic carbocycles. The number of hydrogen-bond donors (Lipinski definition) is 2. The van der Waals surface area contributed by atoms with Gasteiger partial charge in [0.15, 0.2) is 0 Å². The number of nitrogens with one attached hydrogen (secondary N) is 2. The van der Waals surface area contributed by atoms with Crippen LogP contribution in [0.5, 0.6) is 0 Å². The lowest BCUT2D eigenvalue weighted by Gasteiger charge is -2.14. The molecule has 0 saturated carbocycles. The lowest BCUT2D eigenvalue weighted by molar-refractivity contribution is 0.102. The zero-order valence-electron chi connectivity index (χ0n) is 16.9. The van der Waals surface area contributed by atoms with E-state index in [-0.39, 0.29) is 5.91 Å². The molecule has 3 nitrogen and oxygen atoms in total. The first-order chi connectivity index (χ1) is 13.6. The van der Waals surface area contributed by atoms with Crippen molar-refractivity contribution in [2.45, 2.75) is 40.2 Å². The highest BCUT2D eigenvalue weighted by molar-refractivity contribution is 6.05.